The van der Waals surface area contributed by atoms with E-state index in [0.717, 1.165) is 25.8 Å². The molecule has 1 aliphatic heterocycles. The van der Waals surface area contributed by atoms with Gasteiger partial charge in [0.2, 0.25) is 5.91 Å². The van der Waals surface area contributed by atoms with Gasteiger partial charge in [0.15, 0.2) is 5.78 Å². The maximum absolute atomic E-state index is 11.7. The molecule has 1 rings (SSSR count). The summed E-state index contributed by atoms with van der Waals surface area (Å²) in [5.74, 6) is -0.137. The van der Waals surface area contributed by atoms with E-state index in [9.17, 15) is 14.7 Å². The fourth-order valence-corrected chi connectivity index (χ4v) is 2.22. The van der Waals surface area contributed by atoms with Crippen LogP contribution in [0.2, 0.25) is 0 Å². The third kappa shape index (κ3) is 5.60. The lowest BCUT2D eigenvalue weighted by Crippen LogP contribution is -2.31. The number of aliphatic hydroxyl groups is 2. The lowest BCUT2D eigenvalue weighted by molar-refractivity contribution is -0.131. The number of likely N-dealkylation sites (tertiary alicyclic amines) is 1. The number of amides is 1. The molecule has 1 unspecified atom stereocenters. The fraction of sp³-hybridized carbons (Fsp3) is 0.846. The highest BCUT2D eigenvalue weighted by atomic mass is 16.3. The first-order valence-corrected chi connectivity index (χ1v) is 6.72. The highest BCUT2D eigenvalue weighted by Gasteiger charge is 2.17. The van der Waals surface area contributed by atoms with E-state index < -0.39 is 12.7 Å². The molecule has 0 aromatic rings. The van der Waals surface area contributed by atoms with Crippen LogP contribution in [0.1, 0.15) is 44.9 Å². The van der Waals surface area contributed by atoms with E-state index in [0.29, 0.717) is 25.8 Å². The van der Waals surface area contributed by atoms with Gasteiger partial charge in [-0.15, -0.1) is 0 Å². The van der Waals surface area contributed by atoms with Crippen LogP contribution in [-0.2, 0) is 9.59 Å². The Morgan fingerprint density at radius 2 is 2.11 bits per heavy atom. The Morgan fingerprint density at radius 1 is 1.33 bits per heavy atom. The Hall–Kier alpha value is -0.940. The maximum Gasteiger partial charge on any atom is 0.222 e. The molecule has 5 nitrogen and oxygen atoms in total. The van der Waals surface area contributed by atoms with Crippen LogP contribution in [0.5, 0.6) is 0 Å². The van der Waals surface area contributed by atoms with Gasteiger partial charge in [0, 0.05) is 25.9 Å². The summed E-state index contributed by atoms with van der Waals surface area (Å²) < 4.78 is 0. The lowest BCUT2D eigenvalue weighted by Gasteiger charge is -2.21. The number of nitrogens with zero attached hydrogens (tertiary/aromatic N) is 1. The molecule has 2 N–H and O–H groups in total. The van der Waals surface area contributed by atoms with E-state index in [1.165, 1.54) is 0 Å². The van der Waals surface area contributed by atoms with Gasteiger partial charge >= 0.3 is 0 Å². The van der Waals surface area contributed by atoms with Crippen molar-refractivity contribution in [1.29, 1.82) is 0 Å². The molecule has 5 heteroatoms. The Morgan fingerprint density at radius 3 is 2.83 bits per heavy atom. The van der Waals surface area contributed by atoms with Crippen molar-refractivity contribution < 1.29 is 19.8 Å². The summed E-state index contributed by atoms with van der Waals surface area (Å²) in [5, 5.41) is 18.1. The molecule has 1 fully saturated rings. The van der Waals surface area contributed by atoms with Crippen molar-refractivity contribution in [3.05, 3.63) is 0 Å². The molecule has 1 heterocycles. The van der Waals surface area contributed by atoms with Crippen molar-refractivity contribution in [3.63, 3.8) is 0 Å². The second-order valence-corrected chi connectivity index (χ2v) is 4.89. The van der Waals surface area contributed by atoms with Crippen LogP contribution in [0.4, 0.5) is 0 Å². The van der Waals surface area contributed by atoms with Gasteiger partial charge in [-0.2, -0.15) is 0 Å². The average Bonchev–Trinajstić information content (AvgIpc) is 2.54. The van der Waals surface area contributed by atoms with Gasteiger partial charge in [-0.1, -0.05) is 6.42 Å². The Balaban J connectivity index is 2.19. The van der Waals surface area contributed by atoms with Crippen LogP contribution < -0.4 is 0 Å². The summed E-state index contributed by atoms with van der Waals surface area (Å²) in [5.41, 5.74) is 0. The first kappa shape index (κ1) is 15.1. The molecule has 104 valence electrons. The average molecular weight is 257 g/mol. The van der Waals surface area contributed by atoms with Crippen LogP contribution in [0.25, 0.3) is 0 Å². The SMILES string of the molecule is O=C(CO)CC(O)CCCN1CCCCCC1=O. The minimum absolute atomic E-state index is 0.00441. The quantitative estimate of drug-likeness (QED) is 0.695. The maximum atomic E-state index is 11.7. The third-order valence-corrected chi connectivity index (χ3v) is 3.28. The largest absolute Gasteiger partial charge is 0.393 e. The molecule has 1 atom stereocenters. The summed E-state index contributed by atoms with van der Waals surface area (Å²) in [6.45, 7) is 0.954. The number of carbonyl (C=O) groups excluding carboxylic acids is 2. The second-order valence-electron chi connectivity index (χ2n) is 4.89. The Bertz CT molecular complexity index is 280. The summed E-state index contributed by atoms with van der Waals surface area (Å²) in [6.07, 6.45) is 4.26. The summed E-state index contributed by atoms with van der Waals surface area (Å²) in [7, 11) is 0. The van der Waals surface area contributed by atoms with Crippen molar-refractivity contribution in [1.82, 2.24) is 4.90 Å². The summed E-state index contributed by atoms with van der Waals surface area (Å²) in [4.78, 5) is 24.5. The lowest BCUT2D eigenvalue weighted by atomic mass is 10.1. The van der Waals surface area contributed by atoms with Gasteiger partial charge in [0.05, 0.1) is 6.10 Å². The van der Waals surface area contributed by atoms with Crippen LogP contribution in [0, 0.1) is 0 Å². The van der Waals surface area contributed by atoms with Crippen molar-refractivity contribution in [2.24, 2.45) is 0 Å². The molecular weight excluding hydrogens is 234 g/mol. The highest BCUT2D eigenvalue weighted by Crippen LogP contribution is 2.12. The predicted molar refractivity (Wildman–Crippen MR) is 67.0 cm³/mol. The minimum Gasteiger partial charge on any atom is -0.393 e. The van der Waals surface area contributed by atoms with Gasteiger partial charge in [-0.25, -0.2) is 0 Å². The number of carbonyl (C=O) groups is 2. The Labute approximate surface area is 108 Å². The summed E-state index contributed by atoms with van der Waals surface area (Å²) in [6, 6.07) is 0. The van der Waals surface area contributed by atoms with Gasteiger partial charge in [-0.3, -0.25) is 9.59 Å². The van der Waals surface area contributed by atoms with Crippen LogP contribution in [-0.4, -0.2) is 52.6 Å². The molecule has 0 aliphatic carbocycles. The first-order chi connectivity index (χ1) is 8.63. The topological polar surface area (TPSA) is 77.8 Å². The zero-order valence-electron chi connectivity index (χ0n) is 10.8. The molecule has 0 bridgehead atoms. The molecule has 18 heavy (non-hydrogen) atoms. The van der Waals surface area contributed by atoms with E-state index in [4.69, 9.17) is 5.11 Å². The van der Waals surface area contributed by atoms with Gasteiger partial charge in [0.1, 0.15) is 6.61 Å². The normalized spacial score (nSPS) is 18.6. The fourth-order valence-electron chi connectivity index (χ4n) is 2.22. The third-order valence-electron chi connectivity index (χ3n) is 3.28. The van der Waals surface area contributed by atoms with E-state index in [2.05, 4.69) is 0 Å². The molecule has 0 radical (unpaired) electrons. The van der Waals surface area contributed by atoms with Crippen LogP contribution >= 0.6 is 0 Å². The molecule has 1 aliphatic rings. The number of ketones is 1. The molecular formula is C13H23NO4. The predicted octanol–water partition coefficient (Wildman–Crippen LogP) is 0.482. The zero-order valence-corrected chi connectivity index (χ0v) is 10.8. The number of Topliss-reactive ketones (excluding diaryl/α,β-unsaturated/α-hetero) is 1. The molecule has 1 saturated heterocycles. The Kier molecular flexibility index (Phi) is 6.90. The molecule has 0 spiro atoms. The van der Waals surface area contributed by atoms with E-state index in [1.54, 1.807) is 0 Å². The van der Waals surface area contributed by atoms with Crippen molar-refractivity contribution in [2.45, 2.75) is 51.0 Å². The molecule has 0 aromatic heterocycles. The monoisotopic (exact) mass is 257 g/mol. The van der Waals surface area contributed by atoms with Crippen molar-refractivity contribution in [3.8, 4) is 0 Å². The van der Waals surface area contributed by atoms with E-state index in [1.807, 2.05) is 4.90 Å². The number of hydrogen-bond donors (Lipinski definition) is 2. The van der Waals surface area contributed by atoms with Crippen LogP contribution in [0.15, 0.2) is 0 Å². The van der Waals surface area contributed by atoms with Crippen molar-refractivity contribution in [2.75, 3.05) is 19.7 Å². The second kappa shape index (κ2) is 8.21. The van der Waals surface area contributed by atoms with Crippen LogP contribution in [0.3, 0.4) is 0 Å². The minimum atomic E-state index is -0.702. The molecule has 1 amide bonds. The first-order valence-electron chi connectivity index (χ1n) is 6.72. The van der Waals surface area contributed by atoms with E-state index >= 15 is 0 Å². The number of hydrogen-bond acceptors (Lipinski definition) is 4. The zero-order chi connectivity index (χ0) is 13.4. The highest BCUT2D eigenvalue weighted by molar-refractivity contribution is 5.79. The van der Waals surface area contributed by atoms with E-state index in [-0.39, 0.29) is 18.1 Å². The van der Waals surface area contributed by atoms with Crippen molar-refractivity contribution >= 4 is 11.7 Å². The number of rotatable bonds is 7. The number of aliphatic hydroxyl groups excluding tert-OH is 2. The van der Waals surface area contributed by atoms with Gasteiger partial charge in [0.25, 0.3) is 0 Å². The smallest absolute Gasteiger partial charge is 0.222 e. The standard InChI is InChI=1S/C13H23NO4/c15-10-12(17)9-11(16)5-4-8-14-7-3-1-2-6-13(14)18/h11,15-16H,1-10H2. The molecule has 0 saturated carbocycles. The molecule has 0 aromatic carbocycles. The van der Waals surface area contributed by atoms with Gasteiger partial charge in [-0.05, 0) is 25.7 Å². The van der Waals surface area contributed by atoms with Gasteiger partial charge < -0.3 is 15.1 Å². The summed E-state index contributed by atoms with van der Waals surface area (Å²) >= 11 is 0.